The van der Waals surface area contributed by atoms with Gasteiger partial charge < -0.3 is 5.32 Å². The van der Waals surface area contributed by atoms with E-state index >= 15 is 0 Å². The molecule has 1 aromatic heterocycles. The van der Waals surface area contributed by atoms with E-state index in [0.29, 0.717) is 5.92 Å². The predicted octanol–water partition coefficient (Wildman–Crippen LogP) is 3.51. The van der Waals surface area contributed by atoms with Crippen molar-refractivity contribution >= 4 is 15.9 Å². The fourth-order valence-electron chi connectivity index (χ4n) is 2.32. The molecule has 0 bridgehead atoms. The largest absolute Gasteiger partial charge is 0.316 e. The molecule has 2 rings (SSSR count). The Hall–Kier alpha value is -1.13. The van der Waals surface area contributed by atoms with Gasteiger partial charge in [-0.3, -0.25) is 4.68 Å². The first-order valence-corrected chi connectivity index (χ1v) is 7.93. The fraction of sp³-hybridized carbons (Fsp3) is 0.438. The van der Waals surface area contributed by atoms with Gasteiger partial charge >= 0.3 is 0 Å². The fourth-order valence-corrected chi connectivity index (χ4v) is 2.58. The van der Waals surface area contributed by atoms with Gasteiger partial charge in [-0.05, 0) is 43.1 Å². The molecule has 2 aromatic rings. The van der Waals surface area contributed by atoms with Crippen LogP contribution >= 0.6 is 15.9 Å². The average molecular weight is 336 g/mol. The maximum absolute atomic E-state index is 4.50. The molecule has 0 fully saturated rings. The third-order valence-electron chi connectivity index (χ3n) is 3.38. The van der Waals surface area contributed by atoms with Crippen molar-refractivity contribution in [3.63, 3.8) is 0 Å². The van der Waals surface area contributed by atoms with Gasteiger partial charge in [0.25, 0.3) is 0 Å². The smallest absolute Gasteiger partial charge is 0.0631 e. The highest BCUT2D eigenvalue weighted by Crippen LogP contribution is 2.22. The average Bonchev–Trinajstić information content (AvgIpc) is 2.84. The highest BCUT2D eigenvalue weighted by atomic mass is 79.9. The molecular weight excluding hydrogens is 314 g/mol. The zero-order valence-electron chi connectivity index (χ0n) is 12.1. The predicted molar refractivity (Wildman–Crippen MR) is 87.0 cm³/mol. The minimum Gasteiger partial charge on any atom is -0.316 e. The van der Waals surface area contributed by atoms with Gasteiger partial charge in [0.1, 0.15) is 0 Å². The van der Waals surface area contributed by atoms with Crippen molar-refractivity contribution in [2.75, 3.05) is 13.1 Å². The summed E-state index contributed by atoms with van der Waals surface area (Å²) in [6.45, 7) is 4.25. The molecule has 0 saturated carbocycles. The molecule has 1 heterocycles. The van der Waals surface area contributed by atoms with Crippen LogP contribution in [0.3, 0.4) is 0 Å². The summed E-state index contributed by atoms with van der Waals surface area (Å²) >= 11 is 3.50. The quantitative estimate of drug-likeness (QED) is 0.784. The summed E-state index contributed by atoms with van der Waals surface area (Å²) in [6, 6.07) is 10.7. The Labute approximate surface area is 129 Å². The van der Waals surface area contributed by atoms with E-state index < -0.39 is 0 Å². The van der Waals surface area contributed by atoms with Crippen molar-refractivity contribution in [3.8, 4) is 0 Å². The van der Waals surface area contributed by atoms with Crippen LogP contribution in [0.5, 0.6) is 0 Å². The molecule has 1 N–H and O–H groups in total. The van der Waals surface area contributed by atoms with E-state index in [-0.39, 0.29) is 0 Å². The standard InChI is InChI=1S/C16H22BrN3/c1-3-9-18-12-14(11-16-8-10-20(2)19-16)13-4-6-15(17)7-5-13/h4-8,10,14,18H,3,9,11-12H2,1-2H3. The molecule has 0 amide bonds. The Bertz CT molecular complexity index is 519. The first-order chi connectivity index (χ1) is 9.69. The first kappa shape index (κ1) is 15.3. The maximum Gasteiger partial charge on any atom is 0.0631 e. The third kappa shape index (κ3) is 4.46. The van der Waals surface area contributed by atoms with Gasteiger partial charge in [0.15, 0.2) is 0 Å². The molecule has 0 aliphatic rings. The molecule has 0 aliphatic heterocycles. The molecule has 3 nitrogen and oxygen atoms in total. The number of hydrogen-bond acceptors (Lipinski definition) is 2. The van der Waals surface area contributed by atoms with Gasteiger partial charge in [-0.1, -0.05) is 35.0 Å². The Kier molecular flexibility index (Phi) is 5.80. The molecule has 4 heteroatoms. The Balaban J connectivity index is 2.09. The number of nitrogens with zero attached hydrogens (tertiary/aromatic N) is 2. The molecule has 20 heavy (non-hydrogen) atoms. The van der Waals surface area contributed by atoms with Crippen LogP contribution in [0.25, 0.3) is 0 Å². The number of aryl methyl sites for hydroxylation is 1. The van der Waals surface area contributed by atoms with Gasteiger partial charge in [0, 0.05) is 30.2 Å². The lowest BCUT2D eigenvalue weighted by Crippen LogP contribution is -2.23. The number of aromatic nitrogens is 2. The van der Waals surface area contributed by atoms with Gasteiger partial charge in [0.05, 0.1) is 5.69 Å². The topological polar surface area (TPSA) is 29.9 Å². The molecule has 0 spiro atoms. The second-order valence-electron chi connectivity index (χ2n) is 5.14. The third-order valence-corrected chi connectivity index (χ3v) is 3.91. The van der Waals surface area contributed by atoms with E-state index in [0.717, 1.165) is 36.1 Å². The number of benzene rings is 1. The van der Waals surface area contributed by atoms with Crippen LogP contribution < -0.4 is 5.32 Å². The lowest BCUT2D eigenvalue weighted by molar-refractivity contribution is 0.568. The van der Waals surface area contributed by atoms with Crippen LogP contribution in [-0.2, 0) is 13.5 Å². The lowest BCUT2D eigenvalue weighted by atomic mass is 9.94. The Morgan fingerprint density at radius 1 is 1.25 bits per heavy atom. The molecule has 1 atom stereocenters. The van der Waals surface area contributed by atoms with E-state index in [9.17, 15) is 0 Å². The highest BCUT2D eigenvalue weighted by molar-refractivity contribution is 9.10. The maximum atomic E-state index is 4.50. The number of rotatable bonds is 7. The van der Waals surface area contributed by atoms with E-state index in [2.05, 4.69) is 63.6 Å². The molecule has 108 valence electrons. The summed E-state index contributed by atoms with van der Waals surface area (Å²) in [6.07, 6.45) is 4.14. The van der Waals surface area contributed by atoms with Gasteiger partial charge in [0.2, 0.25) is 0 Å². The van der Waals surface area contributed by atoms with Crippen molar-refractivity contribution in [2.45, 2.75) is 25.7 Å². The monoisotopic (exact) mass is 335 g/mol. The summed E-state index contributed by atoms with van der Waals surface area (Å²) in [5.74, 6) is 0.463. The van der Waals surface area contributed by atoms with Crippen LogP contribution in [0.4, 0.5) is 0 Å². The summed E-state index contributed by atoms with van der Waals surface area (Å²) in [4.78, 5) is 0. The highest BCUT2D eigenvalue weighted by Gasteiger charge is 2.13. The number of nitrogens with one attached hydrogen (secondary N) is 1. The van der Waals surface area contributed by atoms with E-state index in [1.54, 1.807) is 0 Å². The van der Waals surface area contributed by atoms with E-state index in [1.807, 2.05) is 17.9 Å². The minimum absolute atomic E-state index is 0.463. The zero-order chi connectivity index (χ0) is 14.4. The van der Waals surface area contributed by atoms with Crippen molar-refractivity contribution in [1.82, 2.24) is 15.1 Å². The zero-order valence-corrected chi connectivity index (χ0v) is 13.7. The van der Waals surface area contributed by atoms with Crippen molar-refractivity contribution in [3.05, 3.63) is 52.3 Å². The van der Waals surface area contributed by atoms with Gasteiger partial charge in [-0.15, -0.1) is 0 Å². The second kappa shape index (κ2) is 7.60. The summed E-state index contributed by atoms with van der Waals surface area (Å²) in [7, 11) is 1.97. The van der Waals surface area contributed by atoms with Crippen molar-refractivity contribution in [2.24, 2.45) is 7.05 Å². The molecule has 0 radical (unpaired) electrons. The van der Waals surface area contributed by atoms with E-state index in [1.165, 1.54) is 5.56 Å². The van der Waals surface area contributed by atoms with Crippen LogP contribution in [0, 0.1) is 0 Å². The molecular formula is C16H22BrN3. The Morgan fingerprint density at radius 3 is 2.60 bits per heavy atom. The summed E-state index contributed by atoms with van der Waals surface area (Å²) in [5.41, 5.74) is 2.51. The minimum atomic E-state index is 0.463. The SMILES string of the molecule is CCCNCC(Cc1ccn(C)n1)c1ccc(Br)cc1. The normalized spacial score (nSPS) is 12.6. The molecule has 1 unspecified atom stereocenters. The van der Waals surface area contributed by atoms with Gasteiger partial charge in [-0.25, -0.2) is 0 Å². The van der Waals surface area contributed by atoms with Crippen LogP contribution in [0.2, 0.25) is 0 Å². The molecule has 0 saturated heterocycles. The van der Waals surface area contributed by atoms with Crippen molar-refractivity contribution in [1.29, 1.82) is 0 Å². The number of halogens is 1. The lowest BCUT2D eigenvalue weighted by Gasteiger charge is -2.17. The van der Waals surface area contributed by atoms with Crippen LogP contribution in [0.15, 0.2) is 41.0 Å². The molecule has 0 aliphatic carbocycles. The van der Waals surface area contributed by atoms with E-state index in [4.69, 9.17) is 0 Å². The second-order valence-corrected chi connectivity index (χ2v) is 6.05. The summed E-state index contributed by atoms with van der Waals surface area (Å²) < 4.78 is 2.99. The summed E-state index contributed by atoms with van der Waals surface area (Å²) in [5, 5.41) is 8.03. The van der Waals surface area contributed by atoms with Crippen LogP contribution in [0.1, 0.15) is 30.5 Å². The van der Waals surface area contributed by atoms with Gasteiger partial charge in [-0.2, -0.15) is 5.10 Å². The number of hydrogen-bond donors (Lipinski definition) is 1. The van der Waals surface area contributed by atoms with Crippen molar-refractivity contribution < 1.29 is 0 Å². The first-order valence-electron chi connectivity index (χ1n) is 7.13. The molecule has 1 aromatic carbocycles. The van der Waals surface area contributed by atoms with Crippen LogP contribution in [-0.4, -0.2) is 22.9 Å². The Morgan fingerprint density at radius 2 is 2.00 bits per heavy atom.